The van der Waals surface area contributed by atoms with Crippen molar-refractivity contribution in [1.29, 1.82) is 0 Å². The Bertz CT molecular complexity index is 963. The molecule has 1 amide bonds. The van der Waals surface area contributed by atoms with E-state index in [-0.39, 0.29) is 5.91 Å². The fourth-order valence-electron chi connectivity index (χ4n) is 2.92. The molecule has 0 radical (unpaired) electrons. The third-order valence-electron chi connectivity index (χ3n) is 4.40. The molecule has 6 nitrogen and oxygen atoms in total. The smallest absolute Gasteiger partial charge is 0.257 e. The van der Waals surface area contributed by atoms with Crippen LogP contribution in [0, 0.1) is 13.8 Å². The molecule has 0 bridgehead atoms. The fourth-order valence-corrected chi connectivity index (χ4v) is 3.86. The summed E-state index contributed by atoms with van der Waals surface area (Å²) in [6.07, 6.45) is 0. The number of aromatic nitrogens is 1. The number of nitrogens with zero attached hydrogens (tertiary/aromatic N) is 1. The normalized spacial score (nSPS) is 10.8. The number of hydrogen-bond donors (Lipinski definition) is 1. The van der Waals surface area contributed by atoms with E-state index in [4.69, 9.17) is 14.2 Å². The van der Waals surface area contributed by atoms with Gasteiger partial charge in [-0.3, -0.25) is 10.1 Å². The molecule has 0 saturated carbocycles. The monoisotopic (exact) mass is 414 g/mol. The highest BCUT2D eigenvalue weighted by Gasteiger charge is 2.19. The number of thiazole rings is 1. The van der Waals surface area contributed by atoms with Gasteiger partial charge in [0.25, 0.3) is 5.91 Å². The summed E-state index contributed by atoms with van der Waals surface area (Å²) in [6, 6.07) is 7.48. The molecule has 1 heterocycles. The summed E-state index contributed by atoms with van der Waals surface area (Å²) in [7, 11) is 0. The molecule has 0 fully saturated rings. The van der Waals surface area contributed by atoms with Crippen molar-refractivity contribution in [2.75, 3.05) is 25.1 Å². The van der Waals surface area contributed by atoms with Crippen LogP contribution in [0.2, 0.25) is 0 Å². The van der Waals surface area contributed by atoms with Crippen LogP contribution in [0.4, 0.5) is 5.13 Å². The topological polar surface area (TPSA) is 69.7 Å². The lowest BCUT2D eigenvalue weighted by Gasteiger charge is -2.16. The van der Waals surface area contributed by atoms with E-state index in [0.717, 1.165) is 10.2 Å². The molecule has 0 unspecified atom stereocenters. The van der Waals surface area contributed by atoms with Crippen molar-refractivity contribution in [3.63, 3.8) is 0 Å². The number of anilines is 1. The predicted molar refractivity (Wildman–Crippen MR) is 117 cm³/mol. The Kier molecular flexibility index (Phi) is 6.59. The maximum Gasteiger partial charge on any atom is 0.257 e. The molecular weight excluding hydrogens is 388 g/mol. The Hall–Kier alpha value is -2.80. The van der Waals surface area contributed by atoms with Gasteiger partial charge in [-0.2, -0.15) is 0 Å². The van der Waals surface area contributed by atoms with E-state index in [1.54, 1.807) is 12.1 Å². The first-order chi connectivity index (χ1) is 14.0. The molecular formula is C22H26N2O4S. The highest BCUT2D eigenvalue weighted by Crippen LogP contribution is 2.39. The van der Waals surface area contributed by atoms with Gasteiger partial charge in [0, 0.05) is 5.56 Å². The highest BCUT2D eigenvalue weighted by molar-refractivity contribution is 7.22. The molecule has 0 aliphatic carbocycles. The van der Waals surface area contributed by atoms with Gasteiger partial charge < -0.3 is 14.2 Å². The third kappa shape index (κ3) is 4.62. The number of nitrogens with one attached hydrogen (secondary N) is 1. The summed E-state index contributed by atoms with van der Waals surface area (Å²) in [4.78, 5) is 17.5. The summed E-state index contributed by atoms with van der Waals surface area (Å²) in [5, 5.41) is 3.45. The first kappa shape index (κ1) is 20.9. The summed E-state index contributed by atoms with van der Waals surface area (Å²) < 4.78 is 18.1. The molecule has 3 rings (SSSR count). The van der Waals surface area contributed by atoms with Crippen LogP contribution in [-0.4, -0.2) is 30.7 Å². The summed E-state index contributed by atoms with van der Waals surface area (Å²) in [5.41, 5.74) is 3.68. The Labute approximate surface area is 174 Å². The number of rotatable bonds is 8. The van der Waals surface area contributed by atoms with Crippen molar-refractivity contribution >= 4 is 32.6 Å². The number of carbonyl (C=O) groups is 1. The van der Waals surface area contributed by atoms with Crippen LogP contribution in [0.5, 0.6) is 17.2 Å². The minimum atomic E-state index is -0.276. The van der Waals surface area contributed by atoms with Gasteiger partial charge in [0.2, 0.25) is 5.75 Å². The van der Waals surface area contributed by atoms with Crippen LogP contribution in [-0.2, 0) is 0 Å². The molecule has 0 aliphatic heterocycles. The lowest BCUT2D eigenvalue weighted by molar-refractivity contribution is 0.102. The maximum absolute atomic E-state index is 12.9. The zero-order valence-electron chi connectivity index (χ0n) is 17.4. The maximum atomic E-state index is 12.9. The second-order valence-corrected chi connectivity index (χ2v) is 7.51. The van der Waals surface area contributed by atoms with Gasteiger partial charge in [-0.15, -0.1) is 0 Å². The van der Waals surface area contributed by atoms with Gasteiger partial charge in [0.15, 0.2) is 16.6 Å². The van der Waals surface area contributed by atoms with Crippen molar-refractivity contribution in [2.45, 2.75) is 34.6 Å². The van der Waals surface area contributed by atoms with E-state index in [1.165, 1.54) is 22.5 Å². The first-order valence-electron chi connectivity index (χ1n) is 9.72. The van der Waals surface area contributed by atoms with Crippen molar-refractivity contribution in [1.82, 2.24) is 4.98 Å². The van der Waals surface area contributed by atoms with E-state index in [1.807, 2.05) is 26.8 Å². The quantitative estimate of drug-likeness (QED) is 0.537. The predicted octanol–water partition coefficient (Wildman–Crippen LogP) is 5.36. The molecule has 2 aromatic carbocycles. The SMILES string of the molecule is CCOc1cc(C(=O)Nc2nc3cc(C)c(C)cc3s2)cc(OCC)c1OCC. The third-order valence-corrected chi connectivity index (χ3v) is 5.33. The molecule has 1 N–H and O–H groups in total. The summed E-state index contributed by atoms with van der Waals surface area (Å²) >= 11 is 1.45. The van der Waals surface area contributed by atoms with Gasteiger partial charge in [0.1, 0.15) is 0 Å². The van der Waals surface area contributed by atoms with E-state index in [9.17, 15) is 4.79 Å². The molecule has 0 spiro atoms. The lowest BCUT2D eigenvalue weighted by atomic mass is 10.1. The molecule has 0 atom stereocenters. The number of hydrogen-bond acceptors (Lipinski definition) is 6. The van der Waals surface area contributed by atoms with Gasteiger partial charge >= 0.3 is 0 Å². The lowest BCUT2D eigenvalue weighted by Crippen LogP contribution is -2.13. The van der Waals surface area contributed by atoms with Gasteiger partial charge in [-0.25, -0.2) is 4.98 Å². The van der Waals surface area contributed by atoms with Crippen LogP contribution < -0.4 is 19.5 Å². The Morgan fingerprint density at radius 1 is 0.931 bits per heavy atom. The molecule has 1 aromatic heterocycles. The first-order valence-corrected chi connectivity index (χ1v) is 10.5. The second kappa shape index (κ2) is 9.13. The Balaban J connectivity index is 1.93. The number of fused-ring (bicyclic) bond motifs is 1. The standard InChI is InChI=1S/C22H26N2O4S/c1-6-26-17-11-15(12-18(27-7-2)20(17)28-8-3)21(25)24-22-23-16-9-13(4)14(5)10-19(16)29-22/h9-12H,6-8H2,1-5H3,(H,23,24,25). The Morgan fingerprint density at radius 2 is 1.52 bits per heavy atom. The Morgan fingerprint density at radius 3 is 2.10 bits per heavy atom. The molecule has 29 heavy (non-hydrogen) atoms. The van der Waals surface area contributed by atoms with Crippen LogP contribution in [0.1, 0.15) is 42.3 Å². The second-order valence-electron chi connectivity index (χ2n) is 6.48. The van der Waals surface area contributed by atoms with Gasteiger partial charge in [-0.1, -0.05) is 11.3 Å². The van der Waals surface area contributed by atoms with Crippen molar-refractivity contribution < 1.29 is 19.0 Å². The van der Waals surface area contributed by atoms with Crippen LogP contribution in [0.25, 0.3) is 10.2 Å². The number of aryl methyl sites for hydroxylation is 2. The van der Waals surface area contributed by atoms with E-state index in [2.05, 4.69) is 30.2 Å². The largest absolute Gasteiger partial charge is 0.490 e. The van der Waals surface area contributed by atoms with Gasteiger partial charge in [0.05, 0.1) is 30.0 Å². The number of amides is 1. The zero-order valence-corrected chi connectivity index (χ0v) is 18.2. The molecule has 154 valence electrons. The number of ether oxygens (including phenoxy) is 3. The van der Waals surface area contributed by atoms with E-state index < -0.39 is 0 Å². The average molecular weight is 415 g/mol. The minimum Gasteiger partial charge on any atom is -0.490 e. The fraction of sp³-hybridized carbons (Fsp3) is 0.364. The van der Waals surface area contributed by atoms with E-state index in [0.29, 0.717) is 47.8 Å². The summed E-state index contributed by atoms with van der Waals surface area (Å²) in [5.74, 6) is 1.21. The molecule has 0 aliphatic rings. The summed E-state index contributed by atoms with van der Waals surface area (Å²) in [6.45, 7) is 11.1. The van der Waals surface area contributed by atoms with Crippen molar-refractivity contribution in [2.24, 2.45) is 0 Å². The minimum absolute atomic E-state index is 0.276. The molecule has 0 saturated heterocycles. The number of carbonyl (C=O) groups excluding carboxylic acids is 1. The number of benzene rings is 2. The van der Waals surface area contributed by atoms with Crippen molar-refractivity contribution in [3.8, 4) is 17.2 Å². The highest BCUT2D eigenvalue weighted by atomic mass is 32.1. The molecule has 3 aromatic rings. The van der Waals surface area contributed by atoms with Crippen LogP contribution in [0.3, 0.4) is 0 Å². The van der Waals surface area contributed by atoms with E-state index >= 15 is 0 Å². The van der Waals surface area contributed by atoms with Crippen LogP contribution >= 0.6 is 11.3 Å². The van der Waals surface area contributed by atoms with Crippen molar-refractivity contribution in [3.05, 3.63) is 41.0 Å². The zero-order chi connectivity index (χ0) is 21.0. The van der Waals surface area contributed by atoms with Gasteiger partial charge in [-0.05, 0) is 70.0 Å². The molecule has 7 heteroatoms. The van der Waals surface area contributed by atoms with Crippen LogP contribution in [0.15, 0.2) is 24.3 Å². The average Bonchev–Trinajstić information content (AvgIpc) is 3.05.